The second kappa shape index (κ2) is 5.69. The summed E-state index contributed by atoms with van der Waals surface area (Å²) in [6.45, 7) is 2.10. The number of thiophene rings is 1. The Bertz CT molecular complexity index is 524. The van der Waals surface area contributed by atoms with Crippen molar-refractivity contribution in [2.75, 3.05) is 0 Å². The summed E-state index contributed by atoms with van der Waals surface area (Å²) in [6, 6.07) is 10.4. The first-order chi connectivity index (χ1) is 8.11. The summed E-state index contributed by atoms with van der Waals surface area (Å²) in [6.07, 6.45) is 0.958. The molecule has 0 aliphatic carbocycles. The van der Waals surface area contributed by atoms with Gasteiger partial charge in [-0.3, -0.25) is 0 Å². The average molecular weight is 378 g/mol. The van der Waals surface area contributed by atoms with Crippen LogP contribution >= 0.6 is 45.5 Å². The van der Waals surface area contributed by atoms with E-state index in [4.69, 9.17) is 17.3 Å². The van der Waals surface area contributed by atoms with E-state index in [2.05, 4.69) is 47.7 Å². The number of halogens is 2. The van der Waals surface area contributed by atoms with Crippen LogP contribution in [0.25, 0.3) is 10.4 Å². The fourth-order valence-electron chi connectivity index (χ4n) is 1.58. The summed E-state index contributed by atoms with van der Waals surface area (Å²) in [4.78, 5) is 2.41. The van der Waals surface area contributed by atoms with E-state index >= 15 is 0 Å². The van der Waals surface area contributed by atoms with Crippen LogP contribution in [-0.4, -0.2) is 0 Å². The molecule has 1 aromatic heterocycles. The third-order valence-corrected chi connectivity index (χ3v) is 4.88. The van der Waals surface area contributed by atoms with E-state index in [0.717, 1.165) is 17.0 Å². The highest BCUT2D eigenvalue weighted by molar-refractivity contribution is 14.1. The number of nitrogens with two attached hydrogens (primary N) is 1. The van der Waals surface area contributed by atoms with Gasteiger partial charge in [0.05, 0.1) is 0 Å². The van der Waals surface area contributed by atoms with Gasteiger partial charge in [0.25, 0.3) is 0 Å². The summed E-state index contributed by atoms with van der Waals surface area (Å²) in [7, 11) is 0. The first-order valence-corrected chi connectivity index (χ1v) is 7.70. The molecule has 1 nitrogen and oxygen atoms in total. The van der Waals surface area contributed by atoms with Crippen molar-refractivity contribution in [3.63, 3.8) is 0 Å². The maximum absolute atomic E-state index is 6.23. The largest absolute Gasteiger partial charge is 0.323 e. The number of hydrogen-bond acceptors (Lipinski definition) is 2. The van der Waals surface area contributed by atoms with Gasteiger partial charge in [0.1, 0.15) is 0 Å². The third-order valence-electron chi connectivity index (χ3n) is 2.63. The zero-order valence-electron chi connectivity index (χ0n) is 9.41. The minimum absolute atomic E-state index is 0.135. The van der Waals surface area contributed by atoms with E-state index in [1.54, 1.807) is 11.3 Å². The van der Waals surface area contributed by atoms with E-state index in [0.29, 0.717) is 0 Å². The predicted molar refractivity (Wildman–Crippen MR) is 84.7 cm³/mol. The predicted octanol–water partition coefficient (Wildman–Crippen LogP) is 5.08. The Kier molecular flexibility index (Phi) is 4.47. The highest BCUT2D eigenvalue weighted by Crippen LogP contribution is 2.36. The first kappa shape index (κ1) is 13.3. The van der Waals surface area contributed by atoms with Crippen molar-refractivity contribution in [3.8, 4) is 10.4 Å². The van der Waals surface area contributed by atoms with Gasteiger partial charge in [-0.25, -0.2) is 0 Å². The van der Waals surface area contributed by atoms with Gasteiger partial charge < -0.3 is 5.73 Å². The van der Waals surface area contributed by atoms with Crippen molar-refractivity contribution >= 4 is 45.5 Å². The van der Waals surface area contributed by atoms with E-state index in [1.165, 1.54) is 13.3 Å². The van der Waals surface area contributed by atoms with Crippen molar-refractivity contribution in [1.82, 2.24) is 0 Å². The molecule has 1 heterocycles. The molecular formula is C13H13ClINS. The standard InChI is InChI=1S/C13H13ClINS/c1-2-11(16)13-6-5-12(17-13)9-7-8(15)3-4-10(9)14/h3-7,11H,2,16H2,1H3. The molecule has 0 aliphatic rings. The monoisotopic (exact) mass is 377 g/mol. The van der Waals surface area contributed by atoms with Crippen LogP contribution in [0.5, 0.6) is 0 Å². The highest BCUT2D eigenvalue weighted by atomic mass is 127. The van der Waals surface area contributed by atoms with E-state index in [1.807, 2.05) is 12.1 Å². The Hall–Kier alpha value is -0.100. The normalized spacial score (nSPS) is 12.7. The van der Waals surface area contributed by atoms with Gasteiger partial charge in [-0.2, -0.15) is 0 Å². The van der Waals surface area contributed by atoms with Gasteiger partial charge in [-0.15, -0.1) is 11.3 Å². The third kappa shape index (κ3) is 3.02. The van der Waals surface area contributed by atoms with Gasteiger partial charge in [0.15, 0.2) is 0 Å². The van der Waals surface area contributed by atoms with Crippen molar-refractivity contribution in [2.45, 2.75) is 19.4 Å². The maximum atomic E-state index is 6.23. The molecule has 1 atom stereocenters. The Morgan fingerprint density at radius 2 is 2.12 bits per heavy atom. The van der Waals surface area contributed by atoms with E-state index in [9.17, 15) is 0 Å². The molecule has 1 aromatic carbocycles. The molecule has 4 heteroatoms. The molecule has 17 heavy (non-hydrogen) atoms. The molecular weight excluding hydrogens is 365 g/mol. The van der Waals surface area contributed by atoms with Crippen molar-refractivity contribution in [1.29, 1.82) is 0 Å². The molecule has 2 N–H and O–H groups in total. The summed E-state index contributed by atoms with van der Waals surface area (Å²) < 4.78 is 1.19. The molecule has 0 spiro atoms. The quantitative estimate of drug-likeness (QED) is 0.741. The fraction of sp³-hybridized carbons (Fsp3) is 0.231. The molecule has 0 fully saturated rings. The Balaban J connectivity index is 2.40. The second-order valence-electron chi connectivity index (χ2n) is 3.84. The van der Waals surface area contributed by atoms with E-state index in [-0.39, 0.29) is 6.04 Å². The summed E-state index contributed by atoms with van der Waals surface area (Å²) >= 11 is 10.3. The first-order valence-electron chi connectivity index (χ1n) is 5.42. The highest BCUT2D eigenvalue weighted by Gasteiger charge is 2.10. The lowest BCUT2D eigenvalue weighted by atomic mass is 10.2. The summed E-state index contributed by atoms with van der Waals surface area (Å²) in [5.41, 5.74) is 7.13. The van der Waals surface area contributed by atoms with Crippen LogP contribution in [-0.2, 0) is 0 Å². The smallest absolute Gasteiger partial charge is 0.0493 e. The minimum Gasteiger partial charge on any atom is -0.323 e. The van der Waals surface area contributed by atoms with Crippen LogP contribution in [0.4, 0.5) is 0 Å². The molecule has 0 bridgehead atoms. The number of benzene rings is 1. The zero-order chi connectivity index (χ0) is 12.4. The van der Waals surface area contributed by atoms with Crippen LogP contribution in [0.3, 0.4) is 0 Å². The van der Waals surface area contributed by atoms with Crippen LogP contribution in [0.15, 0.2) is 30.3 Å². The fourth-order valence-corrected chi connectivity index (χ4v) is 3.47. The molecule has 0 amide bonds. The number of hydrogen-bond donors (Lipinski definition) is 1. The van der Waals surface area contributed by atoms with Gasteiger partial charge in [-0.1, -0.05) is 18.5 Å². The summed E-state index contributed by atoms with van der Waals surface area (Å²) in [5, 5.41) is 0.795. The minimum atomic E-state index is 0.135. The van der Waals surface area contributed by atoms with Gasteiger partial charge >= 0.3 is 0 Å². The number of rotatable bonds is 3. The van der Waals surface area contributed by atoms with Crippen LogP contribution in [0.1, 0.15) is 24.3 Å². The van der Waals surface area contributed by atoms with Crippen molar-refractivity contribution in [3.05, 3.63) is 43.8 Å². The van der Waals surface area contributed by atoms with Gasteiger partial charge in [0.2, 0.25) is 0 Å². The molecule has 1 unspecified atom stereocenters. The molecule has 0 saturated heterocycles. The zero-order valence-corrected chi connectivity index (χ0v) is 13.1. The van der Waals surface area contributed by atoms with Crippen LogP contribution in [0.2, 0.25) is 5.02 Å². The molecule has 90 valence electrons. The Labute approximate surface area is 124 Å². The molecule has 2 rings (SSSR count). The van der Waals surface area contributed by atoms with Gasteiger partial charge in [-0.05, 0) is 59.3 Å². The van der Waals surface area contributed by atoms with Crippen molar-refractivity contribution < 1.29 is 0 Å². The molecule has 0 radical (unpaired) electrons. The Morgan fingerprint density at radius 3 is 2.82 bits per heavy atom. The molecule has 2 aromatic rings. The Morgan fingerprint density at radius 1 is 1.35 bits per heavy atom. The summed E-state index contributed by atoms with van der Waals surface area (Å²) in [5.74, 6) is 0. The second-order valence-corrected chi connectivity index (χ2v) is 6.61. The van der Waals surface area contributed by atoms with Crippen LogP contribution in [0, 0.1) is 3.57 Å². The van der Waals surface area contributed by atoms with Crippen molar-refractivity contribution in [2.24, 2.45) is 5.73 Å². The lowest BCUT2D eigenvalue weighted by molar-refractivity contribution is 0.712. The lowest BCUT2D eigenvalue weighted by Gasteiger charge is -2.05. The van der Waals surface area contributed by atoms with Gasteiger partial charge in [0, 0.05) is 30.0 Å². The van der Waals surface area contributed by atoms with Crippen LogP contribution < -0.4 is 5.73 Å². The lowest BCUT2D eigenvalue weighted by Crippen LogP contribution is -2.05. The maximum Gasteiger partial charge on any atom is 0.0493 e. The molecule has 0 saturated carbocycles. The SMILES string of the molecule is CCC(N)c1ccc(-c2cc(I)ccc2Cl)s1. The average Bonchev–Trinajstić information content (AvgIpc) is 2.80. The van der Waals surface area contributed by atoms with E-state index < -0.39 is 0 Å². The topological polar surface area (TPSA) is 26.0 Å². The molecule has 0 aliphatic heterocycles.